The minimum Gasteiger partial charge on any atom is -0.394 e. The predicted octanol–water partition coefficient (Wildman–Crippen LogP) is 4.13. The molecule has 0 radical (unpaired) electrons. The van der Waals surface area contributed by atoms with E-state index in [0.717, 1.165) is 12.8 Å². The van der Waals surface area contributed by atoms with Crippen LogP contribution in [0.25, 0.3) is 0 Å². The highest BCUT2D eigenvalue weighted by molar-refractivity contribution is 4.88. The standard InChI is InChI=1S/C23H44O5/c1-2-3-4-5-6-7-8-9-10-11-12-13-14-15-16-17-27-21-19-28-23(22(21)26)20(25)18-24/h5-6,20-26H,2-4,7-19H2,1H3/b6-5+/t20-,21+,22-,23-/m0/s1. The quantitative estimate of drug-likeness (QED) is 0.238. The molecule has 0 aromatic rings. The highest BCUT2D eigenvalue weighted by Gasteiger charge is 2.40. The van der Waals surface area contributed by atoms with E-state index >= 15 is 0 Å². The number of aliphatic hydroxyl groups is 3. The molecule has 0 aliphatic carbocycles. The highest BCUT2D eigenvalue weighted by atomic mass is 16.6. The summed E-state index contributed by atoms with van der Waals surface area (Å²) in [6, 6.07) is 0. The number of unbranched alkanes of at least 4 members (excludes halogenated alkanes) is 11. The van der Waals surface area contributed by atoms with Gasteiger partial charge in [0.2, 0.25) is 0 Å². The van der Waals surface area contributed by atoms with Gasteiger partial charge in [0.05, 0.1) is 13.2 Å². The van der Waals surface area contributed by atoms with Gasteiger partial charge < -0.3 is 24.8 Å². The van der Waals surface area contributed by atoms with E-state index < -0.39 is 31.0 Å². The lowest BCUT2D eigenvalue weighted by Gasteiger charge is -2.20. The lowest BCUT2D eigenvalue weighted by atomic mass is 10.1. The molecule has 0 saturated carbocycles. The molecule has 5 nitrogen and oxygen atoms in total. The maximum Gasteiger partial charge on any atom is 0.114 e. The van der Waals surface area contributed by atoms with Gasteiger partial charge in [-0.3, -0.25) is 0 Å². The second-order valence-corrected chi connectivity index (χ2v) is 8.03. The zero-order valence-corrected chi connectivity index (χ0v) is 17.9. The molecule has 1 saturated heterocycles. The van der Waals surface area contributed by atoms with Crippen LogP contribution < -0.4 is 0 Å². The molecule has 1 aliphatic heterocycles. The largest absolute Gasteiger partial charge is 0.394 e. The average molecular weight is 401 g/mol. The van der Waals surface area contributed by atoms with Crippen LogP contribution in [0.1, 0.15) is 90.4 Å². The number of ether oxygens (including phenoxy) is 2. The Morgan fingerprint density at radius 1 is 0.929 bits per heavy atom. The fourth-order valence-corrected chi connectivity index (χ4v) is 3.60. The van der Waals surface area contributed by atoms with E-state index in [2.05, 4.69) is 19.1 Å². The first-order valence-corrected chi connectivity index (χ1v) is 11.6. The third-order valence-electron chi connectivity index (χ3n) is 5.47. The number of hydrogen-bond donors (Lipinski definition) is 3. The zero-order valence-electron chi connectivity index (χ0n) is 17.9. The molecule has 0 bridgehead atoms. The molecule has 0 aromatic heterocycles. The first kappa shape index (κ1) is 25.6. The Balaban J connectivity index is 1.83. The molecule has 4 atom stereocenters. The van der Waals surface area contributed by atoms with Crippen molar-refractivity contribution in [3.8, 4) is 0 Å². The summed E-state index contributed by atoms with van der Waals surface area (Å²) < 4.78 is 11.0. The second-order valence-electron chi connectivity index (χ2n) is 8.03. The van der Waals surface area contributed by atoms with Crippen molar-refractivity contribution in [2.24, 2.45) is 0 Å². The molecule has 1 aliphatic rings. The Hall–Kier alpha value is -0.460. The second kappa shape index (κ2) is 17.4. The van der Waals surface area contributed by atoms with Gasteiger partial charge in [-0.15, -0.1) is 0 Å². The number of hydrogen-bond acceptors (Lipinski definition) is 5. The van der Waals surface area contributed by atoms with Gasteiger partial charge in [-0.25, -0.2) is 0 Å². The van der Waals surface area contributed by atoms with Gasteiger partial charge in [0.15, 0.2) is 0 Å². The molecular formula is C23H44O5. The first-order valence-electron chi connectivity index (χ1n) is 11.6. The van der Waals surface area contributed by atoms with Crippen molar-refractivity contribution in [1.29, 1.82) is 0 Å². The lowest BCUT2D eigenvalue weighted by molar-refractivity contribution is -0.0730. The molecule has 0 spiro atoms. The highest BCUT2D eigenvalue weighted by Crippen LogP contribution is 2.20. The van der Waals surface area contributed by atoms with Crippen molar-refractivity contribution < 1.29 is 24.8 Å². The van der Waals surface area contributed by atoms with Crippen molar-refractivity contribution >= 4 is 0 Å². The average Bonchev–Trinajstić information content (AvgIpc) is 3.07. The number of allylic oxidation sites excluding steroid dienone is 2. The fourth-order valence-electron chi connectivity index (χ4n) is 3.60. The summed E-state index contributed by atoms with van der Waals surface area (Å²) >= 11 is 0. The molecule has 0 aromatic carbocycles. The molecule has 1 heterocycles. The van der Waals surface area contributed by atoms with E-state index in [0.29, 0.717) is 6.61 Å². The summed E-state index contributed by atoms with van der Waals surface area (Å²) in [5.74, 6) is 0. The van der Waals surface area contributed by atoms with E-state index in [1.54, 1.807) is 0 Å². The summed E-state index contributed by atoms with van der Waals surface area (Å²) in [6.45, 7) is 2.71. The van der Waals surface area contributed by atoms with Crippen molar-refractivity contribution in [2.45, 2.75) is 115 Å². The van der Waals surface area contributed by atoms with Crippen molar-refractivity contribution in [1.82, 2.24) is 0 Å². The van der Waals surface area contributed by atoms with Gasteiger partial charge >= 0.3 is 0 Å². The Labute approximate surface area is 172 Å². The molecule has 0 amide bonds. The van der Waals surface area contributed by atoms with Gasteiger partial charge in [0, 0.05) is 6.61 Å². The van der Waals surface area contributed by atoms with Gasteiger partial charge in [-0.1, -0.05) is 76.9 Å². The molecular weight excluding hydrogens is 356 g/mol. The van der Waals surface area contributed by atoms with Gasteiger partial charge in [0.25, 0.3) is 0 Å². The van der Waals surface area contributed by atoms with Crippen LogP contribution in [0.15, 0.2) is 12.2 Å². The smallest absolute Gasteiger partial charge is 0.114 e. The zero-order chi connectivity index (χ0) is 20.5. The molecule has 3 N–H and O–H groups in total. The normalized spacial score (nSPS) is 23.6. The topological polar surface area (TPSA) is 79.2 Å². The summed E-state index contributed by atoms with van der Waals surface area (Å²) in [6.07, 6.45) is 18.1. The number of rotatable bonds is 18. The van der Waals surface area contributed by atoms with E-state index in [4.69, 9.17) is 14.6 Å². The van der Waals surface area contributed by atoms with Crippen molar-refractivity contribution in [3.05, 3.63) is 12.2 Å². The maximum absolute atomic E-state index is 10.1. The number of aliphatic hydroxyl groups excluding tert-OH is 3. The van der Waals surface area contributed by atoms with Gasteiger partial charge in [-0.2, -0.15) is 0 Å². The minimum absolute atomic E-state index is 0.275. The third-order valence-corrected chi connectivity index (χ3v) is 5.47. The Morgan fingerprint density at radius 3 is 2.11 bits per heavy atom. The Morgan fingerprint density at radius 2 is 1.50 bits per heavy atom. The molecule has 5 heteroatoms. The van der Waals surface area contributed by atoms with Crippen LogP contribution in [0.5, 0.6) is 0 Å². The van der Waals surface area contributed by atoms with E-state index in [1.807, 2.05) is 0 Å². The first-order chi connectivity index (χ1) is 13.7. The third kappa shape index (κ3) is 11.5. The van der Waals surface area contributed by atoms with Crippen molar-refractivity contribution in [2.75, 3.05) is 19.8 Å². The summed E-state index contributed by atoms with van der Waals surface area (Å²) in [5, 5.41) is 28.6. The van der Waals surface area contributed by atoms with Crippen LogP contribution in [0.3, 0.4) is 0 Å². The SMILES string of the molecule is CCCC/C=C/CCCCCCCCCCCO[C@@H]1CO[C@@H]([C@@H](O)CO)[C@H]1O. The monoisotopic (exact) mass is 400 g/mol. The molecule has 0 unspecified atom stereocenters. The van der Waals surface area contributed by atoms with Crippen LogP contribution >= 0.6 is 0 Å². The van der Waals surface area contributed by atoms with E-state index in [-0.39, 0.29) is 6.61 Å². The molecule has 1 rings (SSSR count). The van der Waals surface area contributed by atoms with Gasteiger partial charge in [0.1, 0.15) is 24.4 Å². The summed E-state index contributed by atoms with van der Waals surface area (Å²) in [7, 11) is 0. The van der Waals surface area contributed by atoms with Crippen LogP contribution in [0.4, 0.5) is 0 Å². The predicted molar refractivity (Wildman–Crippen MR) is 113 cm³/mol. The van der Waals surface area contributed by atoms with E-state index in [9.17, 15) is 10.2 Å². The fraction of sp³-hybridized carbons (Fsp3) is 0.913. The molecule has 28 heavy (non-hydrogen) atoms. The Kier molecular flexibility index (Phi) is 15.9. The van der Waals surface area contributed by atoms with Crippen molar-refractivity contribution in [3.63, 3.8) is 0 Å². The molecule has 1 fully saturated rings. The van der Waals surface area contributed by atoms with Crippen LogP contribution in [-0.4, -0.2) is 59.6 Å². The van der Waals surface area contributed by atoms with Crippen LogP contribution in [0.2, 0.25) is 0 Å². The summed E-state index contributed by atoms with van der Waals surface area (Å²) in [5.41, 5.74) is 0. The minimum atomic E-state index is -1.05. The summed E-state index contributed by atoms with van der Waals surface area (Å²) in [4.78, 5) is 0. The molecule has 166 valence electrons. The van der Waals surface area contributed by atoms with Gasteiger partial charge in [-0.05, 0) is 25.7 Å². The maximum atomic E-state index is 10.1. The van der Waals surface area contributed by atoms with Crippen LogP contribution in [0, 0.1) is 0 Å². The lowest BCUT2D eigenvalue weighted by Crippen LogP contribution is -2.41. The van der Waals surface area contributed by atoms with E-state index in [1.165, 1.54) is 70.6 Å². The Bertz CT molecular complexity index is 374. The van der Waals surface area contributed by atoms with Crippen LogP contribution in [-0.2, 0) is 9.47 Å².